The second-order valence-electron chi connectivity index (χ2n) is 3.58. The molecular weight excluding hydrogens is 218 g/mol. The molecule has 0 aliphatic carbocycles. The van der Waals surface area contributed by atoms with Crippen molar-refractivity contribution in [3.63, 3.8) is 0 Å². The van der Waals surface area contributed by atoms with Gasteiger partial charge in [-0.25, -0.2) is 8.78 Å². The molecule has 1 aromatic rings. The van der Waals surface area contributed by atoms with Crippen LogP contribution in [-0.4, -0.2) is 37.5 Å². The number of thiophene rings is 1. The van der Waals surface area contributed by atoms with Gasteiger partial charge in [0.2, 0.25) is 0 Å². The van der Waals surface area contributed by atoms with E-state index < -0.39 is 12.5 Å². The molecular formula is C10H14F2N2S. The lowest BCUT2D eigenvalue weighted by molar-refractivity contribution is 0.0200. The zero-order valence-corrected chi connectivity index (χ0v) is 9.14. The van der Waals surface area contributed by atoms with Crippen molar-refractivity contribution in [3.8, 4) is 0 Å². The summed E-state index contributed by atoms with van der Waals surface area (Å²) in [7, 11) is 0. The molecule has 0 bridgehead atoms. The van der Waals surface area contributed by atoms with Gasteiger partial charge in [0, 0.05) is 31.1 Å². The molecule has 2 nitrogen and oxygen atoms in total. The number of alkyl halides is 2. The number of rotatable bonds is 3. The summed E-state index contributed by atoms with van der Waals surface area (Å²) in [5, 5.41) is 5.02. The molecule has 1 atom stereocenters. The second kappa shape index (κ2) is 5.01. The maximum atomic E-state index is 13.0. The van der Waals surface area contributed by atoms with Crippen LogP contribution in [0, 0.1) is 0 Å². The Morgan fingerprint density at radius 2 is 2.07 bits per heavy atom. The van der Waals surface area contributed by atoms with Crippen molar-refractivity contribution in [3.05, 3.63) is 22.4 Å². The standard InChI is InChI=1S/C10H14F2N2S/c11-10(12)9(8-2-1-7-15-8)14-5-3-13-4-6-14/h1-2,7,9-10,13H,3-6H2/t9-/m0/s1. The van der Waals surface area contributed by atoms with Crippen LogP contribution in [-0.2, 0) is 0 Å². The Bertz CT molecular complexity index is 284. The van der Waals surface area contributed by atoms with Gasteiger partial charge in [0.1, 0.15) is 6.04 Å². The summed E-state index contributed by atoms with van der Waals surface area (Å²) in [5.41, 5.74) is 0. The number of hydrogen-bond acceptors (Lipinski definition) is 3. The molecule has 1 aliphatic heterocycles. The molecule has 0 radical (unpaired) electrons. The van der Waals surface area contributed by atoms with Crippen molar-refractivity contribution in [2.24, 2.45) is 0 Å². The Kier molecular flexibility index (Phi) is 3.66. The van der Waals surface area contributed by atoms with E-state index in [-0.39, 0.29) is 0 Å². The Hall–Kier alpha value is -0.520. The zero-order chi connectivity index (χ0) is 10.7. The second-order valence-corrected chi connectivity index (χ2v) is 4.56. The smallest absolute Gasteiger partial charge is 0.258 e. The number of piperazine rings is 1. The molecule has 5 heteroatoms. The first-order chi connectivity index (χ1) is 7.29. The highest BCUT2D eigenvalue weighted by atomic mass is 32.1. The third kappa shape index (κ3) is 2.53. The summed E-state index contributed by atoms with van der Waals surface area (Å²) in [6, 6.07) is 2.91. The molecule has 1 aliphatic rings. The van der Waals surface area contributed by atoms with Gasteiger partial charge in [-0.2, -0.15) is 0 Å². The zero-order valence-electron chi connectivity index (χ0n) is 8.33. The van der Waals surface area contributed by atoms with Crippen LogP contribution in [0.5, 0.6) is 0 Å². The topological polar surface area (TPSA) is 15.3 Å². The van der Waals surface area contributed by atoms with Crippen molar-refractivity contribution >= 4 is 11.3 Å². The Morgan fingerprint density at radius 1 is 1.33 bits per heavy atom. The van der Waals surface area contributed by atoms with E-state index >= 15 is 0 Å². The quantitative estimate of drug-likeness (QED) is 0.857. The lowest BCUT2D eigenvalue weighted by atomic mass is 10.2. The molecule has 0 saturated carbocycles. The predicted molar refractivity (Wildman–Crippen MR) is 57.5 cm³/mol. The van der Waals surface area contributed by atoms with Crippen LogP contribution in [0.2, 0.25) is 0 Å². The summed E-state index contributed by atoms with van der Waals surface area (Å²) in [4.78, 5) is 2.64. The Balaban J connectivity index is 2.12. The van der Waals surface area contributed by atoms with E-state index in [1.807, 2.05) is 16.3 Å². The fraction of sp³-hybridized carbons (Fsp3) is 0.600. The van der Waals surface area contributed by atoms with Crippen LogP contribution in [0.25, 0.3) is 0 Å². The van der Waals surface area contributed by atoms with E-state index in [2.05, 4.69) is 5.32 Å². The fourth-order valence-electron chi connectivity index (χ4n) is 1.88. The van der Waals surface area contributed by atoms with Crippen molar-refractivity contribution in [2.75, 3.05) is 26.2 Å². The molecule has 2 heterocycles. The van der Waals surface area contributed by atoms with E-state index in [0.29, 0.717) is 13.1 Å². The number of nitrogens with one attached hydrogen (secondary N) is 1. The molecule has 1 saturated heterocycles. The molecule has 0 amide bonds. The maximum Gasteiger partial charge on any atom is 0.258 e. The van der Waals surface area contributed by atoms with Gasteiger partial charge in [-0.1, -0.05) is 6.07 Å². The van der Waals surface area contributed by atoms with E-state index in [1.54, 1.807) is 6.07 Å². The van der Waals surface area contributed by atoms with Gasteiger partial charge in [-0.3, -0.25) is 4.90 Å². The number of hydrogen-bond donors (Lipinski definition) is 1. The summed E-state index contributed by atoms with van der Waals surface area (Å²) in [5.74, 6) is 0. The molecule has 2 rings (SSSR count). The minimum absolute atomic E-state index is 0.701. The van der Waals surface area contributed by atoms with Gasteiger partial charge >= 0.3 is 0 Å². The van der Waals surface area contributed by atoms with Gasteiger partial charge in [-0.15, -0.1) is 11.3 Å². The molecule has 0 unspecified atom stereocenters. The van der Waals surface area contributed by atoms with Crippen molar-refractivity contribution in [1.29, 1.82) is 0 Å². The van der Waals surface area contributed by atoms with Crippen LogP contribution in [0.3, 0.4) is 0 Å². The van der Waals surface area contributed by atoms with Crippen LogP contribution in [0.1, 0.15) is 10.9 Å². The SMILES string of the molecule is FC(F)[C@H](c1cccs1)N1CCNCC1. The van der Waals surface area contributed by atoms with Crippen LogP contribution in [0.15, 0.2) is 17.5 Å². The van der Waals surface area contributed by atoms with Gasteiger partial charge in [-0.05, 0) is 11.4 Å². The van der Waals surface area contributed by atoms with Crippen LogP contribution >= 0.6 is 11.3 Å². The van der Waals surface area contributed by atoms with Crippen molar-refractivity contribution in [1.82, 2.24) is 10.2 Å². The first kappa shape index (κ1) is 11.0. The number of halogens is 2. The highest BCUT2D eigenvalue weighted by Crippen LogP contribution is 2.30. The minimum atomic E-state index is -2.30. The normalized spacial score (nSPS) is 20.7. The highest BCUT2D eigenvalue weighted by Gasteiger charge is 2.30. The average Bonchev–Trinajstić information content (AvgIpc) is 2.72. The third-order valence-corrected chi connectivity index (χ3v) is 3.56. The molecule has 15 heavy (non-hydrogen) atoms. The lowest BCUT2D eigenvalue weighted by Gasteiger charge is -2.33. The largest absolute Gasteiger partial charge is 0.314 e. The lowest BCUT2D eigenvalue weighted by Crippen LogP contribution is -2.46. The summed E-state index contributed by atoms with van der Waals surface area (Å²) < 4.78 is 26.0. The van der Waals surface area contributed by atoms with Gasteiger partial charge in [0.15, 0.2) is 0 Å². The van der Waals surface area contributed by atoms with Gasteiger partial charge < -0.3 is 5.32 Å². The Morgan fingerprint density at radius 3 is 2.60 bits per heavy atom. The van der Waals surface area contributed by atoms with Crippen molar-refractivity contribution < 1.29 is 8.78 Å². The van der Waals surface area contributed by atoms with E-state index in [1.165, 1.54) is 11.3 Å². The van der Waals surface area contributed by atoms with Gasteiger partial charge in [0.05, 0.1) is 0 Å². The molecule has 84 valence electrons. The summed E-state index contributed by atoms with van der Waals surface area (Å²) >= 11 is 1.41. The fourth-order valence-corrected chi connectivity index (χ4v) is 2.75. The van der Waals surface area contributed by atoms with E-state index in [9.17, 15) is 8.78 Å². The molecule has 1 aromatic heterocycles. The van der Waals surface area contributed by atoms with Gasteiger partial charge in [0.25, 0.3) is 6.43 Å². The maximum absolute atomic E-state index is 13.0. The number of nitrogens with zero attached hydrogens (tertiary/aromatic N) is 1. The summed E-state index contributed by atoms with van der Waals surface area (Å²) in [6.07, 6.45) is -2.30. The molecule has 0 aromatic carbocycles. The predicted octanol–water partition coefficient (Wildman–Crippen LogP) is 1.96. The summed E-state index contributed by atoms with van der Waals surface area (Å²) in [6.45, 7) is 3.00. The minimum Gasteiger partial charge on any atom is -0.314 e. The van der Waals surface area contributed by atoms with Crippen LogP contribution in [0.4, 0.5) is 8.78 Å². The average molecular weight is 232 g/mol. The molecule has 1 N–H and O–H groups in total. The first-order valence-electron chi connectivity index (χ1n) is 5.05. The molecule has 0 spiro atoms. The monoisotopic (exact) mass is 232 g/mol. The third-order valence-electron chi connectivity index (χ3n) is 2.62. The van der Waals surface area contributed by atoms with E-state index in [4.69, 9.17) is 0 Å². The molecule has 1 fully saturated rings. The Labute approximate surface area is 91.9 Å². The van der Waals surface area contributed by atoms with Crippen molar-refractivity contribution in [2.45, 2.75) is 12.5 Å². The highest BCUT2D eigenvalue weighted by molar-refractivity contribution is 7.10. The van der Waals surface area contributed by atoms with Crippen LogP contribution < -0.4 is 5.32 Å². The van der Waals surface area contributed by atoms with E-state index in [0.717, 1.165) is 18.0 Å². The first-order valence-corrected chi connectivity index (χ1v) is 5.93.